The number of halogens is 1. The summed E-state index contributed by atoms with van der Waals surface area (Å²) < 4.78 is 0. The minimum Gasteiger partial charge on any atom is -1.00 e. The van der Waals surface area contributed by atoms with Crippen LogP contribution in [0.3, 0.4) is 0 Å². The molecule has 0 amide bonds. The molecule has 0 bridgehead atoms. The summed E-state index contributed by atoms with van der Waals surface area (Å²) in [5.74, 6) is -0.375. The van der Waals surface area contributed by atoms with Gasteiger partial charge in [-0.2, -0.15) is 0 Å². The van der Waals surface area contributed by atoms with Crippen molar-refractivity contribution in [3.05, 3.63) is 91.0 Å². The lowest BCUT2D eigenvalue weighted by atomic mass is 10.1. The van der Waals surface area contributed by atoms with Gasteiger partial charge in [0.15, 0.2) is 5.85 Å². The van der Waals surface area contributed by atoms with Crippen LogP contribution in [0.1, 0.15) is 58.3 Å². The third-order valence-corrected chi connectivity index (χ3v) is 10.5. The SMILES string of the molecule is CCCCCCCCCC(O)[P+](c1ccccc1)(c1ccccc1)c1ccccc1.[I-]. The van der Waals surface area contributed by atoms with E-state index in [4.69, 9.17) is 0 Å². The van der Waals surface area contributed by atoms with Gasteiger partial charge in [-0.15, -0.1) is 0 Å². The molecule has 0 aliphatic rings. The van der Waals surface area contributed by atoms with E-state index in [-0.39, 0.29) is 29.8 Å². The number of benzene rings is 3. The zero-order valence-corrected chi connectivity index (χ0v) is 21.7. The average Bonchev–Trinajstić information content (AvgIpc) is 2.81. The topological polar surface area (TPSA) is 20.2 Å². The summed E-state index contributed by atoms with van der Waals surface area (Å²) in [7, 11) is -2.15. The van der Waals surface area contributed by atoms with Crippen LogP contribution >= 0.6 is 7.26 Å². The molecule has 1 nitrogen and oxygen atoms in total. The zero-order chi connectivity index (χ0) is 21.1. The van der Waals surface area contributed by atoms with Gasteiger partial charge in [0.25, 0.3) is 0 Å². The number of hydrogen-bond acceptors (Lipinski definition) is 1. The Labute approximate surface area is 206 Å². The van der Waals surface area contributed by atoms with Crippen LogP contribution in [0.15, 0.2) is 91.0 Å². The molecule has 0 aliphatic carbocycles. The molecule has 31 heavy (non-hydrogen) atoms. The summed E-state index contributed by atoms with van der Waals surface area (Å²) in [6.45, 7) is 2.26. The van der Waals surface area contributed by atoms with Crippen molar-refractivity contribution in [3.8, 4) is 0 Å². The molecule has 3 aromatic rings. The van der Waals surface area contributed by atoms with E-state index in [1.54, 1.807) is 0 Å². The summed E-state index contributed by atoms with van der Waals surface area (Å²) >= 11 is 0. The molecule has 166 valence electrons. The predicted molar refractivity (Wildman–Crippen MR) is 134 cm³/mol. The molecule has 3 rings (SSSR count). The van der Waals surface area contributed by atoms with Crippen LogP contribution in [0.5, 0.6) is 0 Å². The van der Waals surface area contributed by atoms with Crippen molar-refractivity contribution < 1.29 is 29.1 Å². The van der Waals surface area contributed by atoms with Gasteiger partial charge in [-0.25, -0.2) is 0 Å². The average molecular weight is 546 g/mol. The summed E-state index contributed by atoms with van der Waals surface area (Å²) in [4.78, 5) is 0. The number of hydrogen-bond donors (Lipinski definition) is 1. The fraction of sp³-hybridized carbons (Fsp3) is 0.357. The van der Waals surface area contributed by atoms with Crippen molar-refractivity contribution in [2.75, 3.05) is 0 Å². The Morgan fingerprint density at radius 2 is 0.935 bits per heavy atom. The molecular formula is C28H36IOP. The van der Waals surface area contributed by atoms with Crippen LogP contribution in [-0.2, 0) is 0 Å². The first kappa shape index (κ1) is 26.0. The third kappa shape index (κ3) is 6.63. The Bertz CT molecular complexity index is 742. The molecule has 0 heterocycles. The molecule has 0 saturated heterocycles. The lowest BCUT2D eigenvalue weighted by molar-refractivity contribution is -0.00000736. The van der Waals surface area contributed by atoms with Gasteiger partial charge in [0.2, 0.25) is 0 Å². The summed E-state index contributed by atoms with van der Waals surface area (Å²) in [6.07, 6.45) is 9.71. The second-order valence-electron chi connectivity index (χ2n) is 8.12. The normalized spacial score (nSPS) is 12.2. The van der Waals surface area contributed by atoms with Crippen LogP contribution in [0.2, 0.25) is 0 Å². The monoisotopic (exact) mass is 546 g/mol. The molecule has 3 heteroatoms. The van der Waals surface area contributed by atoms with Crippen molar-refractivity contribution >= 4 is 23.2 Å². The Kier molecular flexibility index (Phi) is 11.8. The van der Waals surface area contributed by atoms with Gasteiger partial charge in [0.1, 0.15) is 23.2 Å². The quantitative estimate of drug-likeness (QED) is 0.210. The highest BCUT2D eigenvalue weighted by Crippen LogP contribution is 2.60. The Balaban J connectivity index is 0.00000341. The van der Waals surface area contributed by atoms with Gasteiger partial charge in [0, 0.05) is 6.42 Å². The molecule has 0 fully saturated rings. The van der Waals surface area contributed by atoms with Gasteiger partial charge in [-0.1, -0.05) is 100 Å². The summed E-state index contributed by atoms with van der Waals surface area (Å²) in [5, 5.41) is 15.6. The maximum absolute atomic E-state index is 11.8. The largest absolute Gasteiger partial charge is 1.00 e. The molecule has 1 unspecified atom stereocenters. The number of unbranched alkanes of at least 4 members (excludes halogenated alkanes) is 6. The summed E-state index contributed by atoms with van der Waals surface area (Å²) in [6, 6.07) is 32.1. The second-order valence-corrected chi connectivity index (χ2v) is 11.7. The smallest absolute Gasteiger partial charge is 0.178 e. The molecule has 0 spiro atoms. The highest BCUT2D eigenvalue weighted by Gasteiger charge is 2.51. The Hall–Kier alpha value is -1.22. The van der Waals surface area contributed by atoms with Gasteiger partial charge in [-0.3, -0.25) is 0 Å². The third-order valence-electron chi connectivity index (χ3n) is 6.00. The Morgan fingerprint density at radius 1 is 0.581 bits per heavy atom. The fourth-order valence-electron chi connectivity index (χ4n) is 4.43. The highest BCUT2D eigenvalue weighted by atomic mass is 127. The maximum atomic E-state index is 11.8. The molecule has 0 radical (unpaired) electrons. The van der Waals surface area contributed by atoms with Crippen molar-refractivity contribution in [1.29, 1.82) is 0 Å². The van der Waals surface area contributed by atoms with E-state index in [0.717, 1.165) is 12.8 Å². The van der Waals surface area contributed by atoms with Crippen LogP contribution < -0.4 is 39.9 Å². The first-order valence-electron chi connectivity index (χ1n) is 11.5. The van der Waals surface area contributed by atoms with Crippen LogP contribution in [0.4, 0.5) is 0 Å². The number of aliphatic hydroxyl groups excluding tert-OH is 1. The highest BCUT2D eigenvalue weighted by molar-refractivity contribution is 7.96. The van der Waals surface area contributed by atoms with E-state index in [9.17, 15) is 5.11 Å². The van der Waals surface area contributed by atoms with E-state index < -0.39 is 7.26 Å². The molecular weight excluding hydrogens is 510 g/mol. The number of aliphatic hydroxyl groups is 1. The maximum Gasteiger partial charge on any atom is 0.178 e. The molecule has 0 aliphatic heterocycles. The van der Waals surface area contributed by atoms with Crippen molar-refractivity contribution in [2.24, 2.45) is 0 Å². The van der Waals surface area contributed by atoms with Crippen LogP contribution in [-0.4, -0.2) is 11.0 Å². The van der Waals surface area contributed by atoms with Crippen LogP contribution in [0, 0.1) is 0 Å². The molecule has 0 aromatic heterocycles. The van der Waals surface area contributed by atoms with Crippen molar-refractivity contribution in [2.45, 2.75) is 64.1 Å². The van der Waals surface area contributed by atoms with E-state index in [2.05, 4.69) is 97.9 Å². The van der Waals surface area contributed by atoms with Gasteiger partial charge < -0.3 is 29.1 Å². The predicted octanol–water partition coefficient (Wildman–Crippen LogP) is 3.44. The second kappa shape index (κ2) is 14.0. The first-order chi connectivity index (χ1) is 14.8. The lowest BCUT2D eigenvalue weighted by Gasteiger charge is -2.31. The van der Waals surface area contributed by atoms with Gasteiger partial charge in [0.05, 0.1) is 0 Å². The standard InChI is InChI=1S/C28H36OP.HI/c1-2-3-4-5-6-7-17-24-28(29)30(25-18-11-8-12-19-25,26-20-13-9-14-21-26)27-22-15-10-16-23-27;/h8-16,18-23,28-29H,2-7,17,24H2,1H3;1H/q+1;/p-1. The van der Waals surface area contributed by atoms with Crippen molar-refractivity contribution in [1.82, 2.24) is 0 Å². The molecule has 0 saturated carbocycles. The van der Waals surface area contributed by atoms with E-state index in [0.29, 0.717) is 0 Å². The first-order valence-corrected chi connectivity index (χ1v) is 13.4. The van der Waals surface area contributed by atoms with Gasteiger partial charge >= 0.3 is 0 Å². The fourth-order valence-corrected chi connectivity index (χ4v) is 8.85. The molecule has 1 atom stereocenters. The van der Waals surface area contributed by atoms with Gasteiger partial charge in [-0.05, 0) is 42.8 Å². The van der Waals surface area contributed by atoms with Crippen molar-refractivity contribution in [3.63, 3.8) is 0 Å². The molecule has 3 aromatic carbocycles. The molecule has 1 N–H and O–H groups in total. The van der Waals surface area contributed by atoms with E-state index in [1.165, 1.54) is 54.4 Å². The lowest BCUT2D eigenvalue weighted by Crippen LogP contribution is -3.00. The Morgan fingerprint density at radius 3 is 1.32 bits per heavy atom. The minimum absolute atomic E-state index is 0. The van der Waals surface area contributed by atoms with E-state index in [1.807, 2.05) is 0 Å². The summed E-state index contributed by atoms with van der Waals surface area (Å²) in [5.41, 5.74) is 0. The zero-order valence-electron chi connectivity index (χ0n) is 18.7. The van der Waals surface area contributed by atoms with Crippen LogP contribution in [0.25, 0.3) is 0 Å². The van der Waals surface area contributed by atoms with E-state index >= 15 is 0 Å². The minimum atomic E-state index is -2.15. The number of rotatable bonds is 12.